The Balaban J connectivity index is 2.21. The summed E-state index contributed by atoms with van der Waals surface area (Å²) in [6.07, 6.45) is 0.834. The van der Waals surface area contributed by atoms with Crippen LogP contribution in [-0.4, -0.2) is 13.0 Å². The number of aryl methyl sites for hydroxylation is 1. The summed E-state index contributed by atoms with van der Waals surface area (Å²) in [6.45, 7) is 4.08. The van der Waals surface area contributed by atoms with Crippen molar-refractivity contribution >= 4 is 28.5 Å². The van der Waals surface area contributed by atoms with Gasteiger partial charge in [-0.2, -0.15) is 0 Å². The van der Waals surface area contributed by atoms with E-state index < -0.39 is 0 Å². The van der Waals surface area contributed by atoms with Crippen molar-refractivity contribution in [3.05, 3.63) is 62.7 Å². The van der Waals surface area contributed by atoms with Gasteiger partial charge >= 0.3 is 0 Å². The molecule has 3 nitrogen and oxygen atoms in total. The van der Waals surface area contributed by atoms with Crippen molar-refractivity contribution in [3.63, 3.8) is 0 Å². The van der Waals surface area contributed by atoms with Crippen LogP contribution in [0.3, 0.4) is 0 Å². The molecule has 0 aliphatic heterocycles. The monoisotopic (exact) mass is 409 g/mol. The number of amides is 1. The van der Waals surface area contributed by atoms with Crippen LogP contribution in [0.5, 0.6) is 5.75 Å². The fourth-order valence-corrected chi connectivity index (χ4v) is 3.05. The first-order valence-corrected chi connectivity index (χ1v) is 8.34. The standard InChI is InChI=1S/C18H20INO2/c1-4-16(13-9-10-17(22-3)12(2)11-13)20-18(21)14-7-5-6-8-15(14)19/h5-11,16H,4H2,1-3H3,(H,20,21)/t16-/m0/s1. The molecule has 0 bridgehead atoms. The second kappa shape index (κ2) is 7.63. The molecule has 0 fully saturated rings. The van der Waals surface area contributed by atoms with E-state index in [-0.39, 0.29) is 11.9 Å². The Morgan fingerprint density at radius 3 is 2.59 bits per heavy atom. The van der Waals surface area contributed by atoms with Gasteiger partial charge < -0.3 is 10.1 Å². The quantitative estimate of drug-likeness (QED) is 0.740. The third kappa shape index (κ3) is 3.80. The zero-order chi connectivity index (χ0) is 16.1. The predicted octanol–water partition coefficient (Wildman–Crippen LogP) is 4.49. The maximum absolute atomic E-state index is 12.5. The van der Waals surface area contributed by atoms with E-state index in [1.165, 1.54) is 0 Å². The van der Waals surface area contributed by atoms with Gasteiger partial charge in [-0.3, -0.25) is 4.79 Å². The average molecular weight is 409 g/mol. The summed E-state index contributed by atoms with van der Waals surface area (Å²) in [7, 11) is 1.67. The van der Waals surface area contributed by atoms with Crippen LogP contribution in [0.4, 0.5) is 0 Å². The van der Waals surface area contributed by atoms with E-state index in [0.717, 1.165) is 26.9 Å². The van der Waals surface area contributed by atoms with E-state index in [2.05, 4.69) is 40.9 Å². The van der Waals surface area contributed by atoms with Gasteiger partial charge in [0, 0.05) is 3.57 Å². The van der Waals surface area contributed by atoms with Gasteiger partial charge in [-0.25, -0.2) is 0 Å². The van der Waals surface area contributed by atoms with E-state index in [9.17, 15) is 4.79 Å². The number of hydrogen-bond donors (Lipinski definition) is 1. The molecule has 0 spiro atoms. The molecule has 0 saturated heterocycles. The van der Waals surface area contributed by atoms with Crippen LogP contribution >= 0.6 is 22.6 Å². The molecule has 2 rings (SSSR count). The first-order valence-electron chi connectivity index (χ1n) is 7.26. The minimum absolute atomic E-state index is 0.00638. The molecule has 0 aromatic heterocycles. The van der Waals surface area contributed by atoms with E-state index in [1.54, 1.807) is 7.11 Å². The molecular weight excluding hydrogens is 389 g/mol. The summed E-state index contributed by atoms with van der Waals surface area (Å²) < 4.78 is 6.25. The van der Waals surface area contributed by atoms with Crippen molar-refractivity contribution in [2.24, 2.45) is 0 Å². The van der Waals surface area contributed by atoms with Crippen molar-refractivity contribution < 1.29 is 9.53 Å². The summed E-state index contributed by atoms with van der Waals surface area (Å²) in [5, 5.41) is 3.12. The van der Waals surface area contributed by atoms with Crippen molar-refractivity contribution in [2.45, 2.75) is 26.3 Å². The molecule has 0 unspecified atom stereocenters. The third-order valence-corrected chi connectivity index (χ3v) is 4.59. The molecule has 0 aliphatic rings. The van der Waals surface area contributed by atoms with Crippen LogP contribution in [0.1, 0.15) is 40.9 Å². The lowest BCUT2D eigenvalue weighted by Gasteiger charge is -2.19. The molecule has 22 heavy (non-hydrogen) atoms. The van der Waals surface area contributed by atoms with E-state index >= 15 is 0 Å². The van der Waals surface area contributed by atoms with Gasteiger partial charge in [-0.1, -0.05) is 31.2 Å². The maximum atomic E-state index is 12.5. The van der Waals surface area contributed by atoms with Crippen molar-refractivity contribution in [1.29, 1.82) is 0 Å². The number of rotatable bonds is 5. The highest BCUT2D eigenvalue weighted by atomic mass is 127. The number of ether oxygens (including phenoxy) is 1. The second-order valence-electron chi connectivity index (χ2n) is 5.14. The number of carbonyl (C=O) groups is 1. The summed E-state index contributed by atoms with van der Waals surface area (Å²) in [6, 6.07) is 13.6. The number of benzene rings is 2. The molecule has 0 saturated carbocycles. The van der Waals surface area contributed by atoms with Gasteiger partial charge in [0.05, 0.1) is 18.7 Å². The second-order valence-corrected chi connectivity index (χ2v) is 6.31. The van der Waals surface area contributed by atoms with Crippen molar-refractivity contribution in [1.82, 2.24) is 5.32 Å². The Hall–Kier alpha value is -1.56. The minimum Gasteiger partial charge on any atom is -0.496 e. The lowest BCUT2D eigenvalue weighted by atomic mass is 10.0. The first-order chi connectivity index (χ1) is 10.6. The molecule has 1 amide bonds. The number of nitrogens with one attached hydrogen (secondary N) is 1. The Kier molecular flexibility index (Phi) is 5.83. The zero-order valence-electron chi connectivity index (χ0n) is 13.0. The molecule has 0 aliphatic carbocycles. The average Bonchev–Trinajstić information content (AvgIpc) is 2.52. The Morgan fingerprint density at radius 2 is 2.00 bits per heavy atom. The molecule has 2 aromatic carbocycles. The SMILES string of the molecule is CC[C@H](NC(=O)c1ccccc1I)c1ccc(OC)c(C)c1. The highest BCUT2D eigenvalue weighted by Gasteiger charge is 2.16. The Bertz CT molecular complexity index is 670. The molecule has 1 N–H and O–H groups in total. The number of methoxy groups -OCH3 is 1. The van der Waals surface area contributed by atoms with Crippen LogP contribution in [0, 0.1) is 10.5 Å². The van der Waals surface area contributed by atoms with Crippen molar-refractivity contribution in [2.75, 3.05) is 7.11 Å². The minimum atomic E-state index is -0.0367. The van der Waals surface area contributed by atoms with Crippen LogP contribution < -0.4 is 10.1 Å². The zero-order valence-corrected chi connectivity index (χ0v) is 15.2. The highest BCUT2D eigenvalue weighted by Crippen LogP contribution is 2.24. The van der Waals surface area contributed by atoms with Gasteiger partial charge in [-0.05, 0) is 65.3 Å². The van der Waals surface area contributed by atoms with E-state index in [0.29, 0.717) is 5.56 Å². The smallest absolute Gasteiger partial charge is 0.252 e. The van der Waals surface area contributed by atoms with Crippen LogP contribution in [-0.2, 0) is 0 Å². The summed E-state index contributed by atoms with van der Waals surface area (Å²) in [5.74, 6) is 0.827. The molecule has 0 heterocycles. The maximum Gasteiger partial charge on any atom is 0.252 e. The molecule has 0 radical (unpaired) electrons. The summed E-state index contributed by atoms with van der Waals surface area (Å²) in [5.41, 5.74) is 2.88. The fraction of sp³-hybridized carbons (Fsp3) is 0.278. The van der Waals surface area contributed by atoms with Crippen molar-refractivity contribution in [3.8, 4) is 5.75 Å². The van der Waals surface area contributed by atoms with Gasteiger partial charge in [0.2, 0.25) is 0 Å². The molecular formula is C18H20INO2. The highest BCUT2D eigenvalue weighted by molar-refractivity contribution is 14.1. The Morgan fingerprint density at radius 1 is 1.27 bits per heavy atom. The largest absolute Gasteiger partial charge is 0.496 e. The third-order valence-electron chi connectivity index (χ3n) is 3.65. The molecule has 116 valence electrons. The summed E-state index contributed by atoms with van der Waals surface area (Å²) in [4.78, 5) is 12.5. The van der Waals surface area contributed by atoms with Crippen LogP contribution in [0.15, 0.2) is 42.5 Å². The topological polar surface area (TPSA) is 38.3 Å². The lowest BCUT2D eigenvalue weighted by Crippen LogP contribution is -2.28. The van der Waals surface area contributed by atoms with E-state index in [1.807, 2.05) is 43.3 Å². The molecule has 1 atom stereocenters. The van der Waals surface area contributed by atoms with E-state index in [4.69, 9.17) is 4.74 Å². The molecule has 2 aromatic rings. The number of carbonyl (C=O) groups excluding carboxylic acids is 1. The summed E-state index contributed by atoms with van der Waals surface area (Å²) >= 11 is 2.19. The Labute approximate surface area is 145 Å². The number of halogens is 1. The first kappa shape index (κ1) is 16.8. The predicted molar refractivity (Wildman–Crippen MR) is 97.4 cm³/mol. The van der Waals surface area contributed by atoms with Crippen LogP contribution in [0.25, 0.3) is 0 Å². The van der Waals surface area contributed by atoms with Gasteiger partial charge in [-0.15, -0.1) is 0 Å². The van der Waals surface area contributed by atoms with Gasteiger partial charge in [0.1, 0.15) is 5.75 Å². The number of hydrogen-bond acceptors (Lipinski definition) is 2. The van der Waals surface area contributed by atoms with Gasteiger partial charge in [0.15, 0.2) is 0 Å². The van der Waals surface area contributed by atoms with Gasteiger partial charge in [0.25, 0.3) is 5.91 Å². The van der Waals surface area contributed by atoms with Crippen LogP contribution in [0.2, 0.25) is 0 Å². The molecule has 4 heteroatoms. The lowest BCUT2D eigenvalue weighted by molar-refractivity contribution is 0.0934. The fourth-order valence-electron chi connectivity index (χ4n) is 2.42. The normalized spacial score (nSPS) is 11.8.